The van der Waals surface area contributed by atoms with Crippen molar-refractivity contribution >= 4 is 17.2 Å². The number of Topliss-reactive ketones (excluding diaryl/α,β-unsaturated/α-hetero) is 1. The number of terminal acetylenes is 1. The molecule has 1 saturated heterocycles. The SMILES string of the molecule is C#Cc1cc([C@H]2CCCN2c2ccn3ncc(CC(=C)C(C)=O)c3n2)ccc1F. The monoisotopic (exact) mass is 388 g/mol. The summed E-state index contributed by atoms with van der Waals surface area (Å²) >= 11 is 0. The van der Waals surface area contributed by atoms with E-state index in [1.807, 2.05) is 12.3 Å². The Kier molecular flexibility index (Phi) is 4.89. The largest absolute Gasteiger partial charge is 0.349 e. The fraction of sp³-hybridized carbons (Fsp3) is 0.261. The van der Waals surface area contributed by atoms with Gasteiger partial charge in [-0.2, -0.15) is 5.10 Å². The molecule has 1 atom stereocenters. The number of allylic oxidation sites excluding steroid dienone is 1. The fourth-order valence-electron chi connectivity index (χ4n) is 3.79. The van der Waals surface area contributed by atoms with Crippen LogP contribution in [0.3, 0.4) is 0 Å². The second kappa shape index (κ2) is 7.51. The highest BCUT2D eigenvalue weighted by molar-refractivity contribution is 5.93. The molecule has 0 amide bonds. The minimum Gasteiger partial charge on any atom is -0.349 e. The van der Waals surface area contributed by atoms with Crippen LogP contribution in [0.2, 0.25) is 0 Å². The zero-order valence-electron chi connectivity index (χ0n) is 16.2. The molecule has 0 radical (unpaired) electrons. The van der Waals surface area contributed by atoms with Gasteiger partial charge in [0.05, 0.1) is 17.8 Å². The first-order valence-electron chi connectivity index (χ1n) is 9.52. The van der Waals surface area contributed by atoms with Gasteiger partial charge in [0.1, 0.15) is 11.6 Å². The topological polar surface area (TPSA) is 50.5 Å². The first-order valence-corrected chi connectivity index (χ1v) is 9.52. The number of rotatable bonds is 5. The van der Waals surface area contributed by atoms with E-state index in [0.29, 0.717) is 17.6 Å². The minimum absolute atomic E-state index is 0.0410. The fourth-order valence-corrected chi connectivity index (χ4v) is 3.79. The van der Waals surface area contributed by atoms with Crippen LogP contribution in [0.25, 0.3) is 5.65 Å². The van der Waals surface area contributed by atoms with Gasteiger partial charge in [0, 0.05) is 24.7 Å². The molecule has 4 rings (SSSR count). The van der Waals surface area contributed by atoms with Gasteiger partial charge in [0.25, 0.3) is 0 Å². The molecule has 0 spiro atoms. The van der Waals surface area contributed by atoms with Gasteiger partial charge in [-0.05, 0) is 49.1 Å². The molecule has 1 aromatic carbocycles. The lowest BCUT2D eigenvalue weighted by Gasteiger charge is -2.26. The Labute approximate surface area is 168 Å². The van der Waals surface area contributed by atoms with E-state index >= 15 is 0 Å². The lowest BCUT2D eigenvalue weighted by Crippen LogP contribution is -2.24. The highest BCUT2D eigenvalue weighted by Gasteiger charge is 2.28. The van der Waals surface area contributed by atoms with Crippen molar-refractivity contribution in [2.24, 2.45) is 0 Å². The molecule has 1 fully saturated rings. The molecule has 3 heterocycles. The number of halogens is 1. The van der Waals surface area contributed by atoms with E-state index in [2.05, 4.69) is 22.5 Å². The van der Waals surface area contributed by atoms with Crippen LogP contribution in [0.1, 0.15) is 42.5 Å². The van der Waals surface area contributed by atoms with Gasteiger partial charge in [-0.25, -0.2) is 13.9 Å². The van der Waals surface area contributed by atoms with Gasteiger partial charge >= 0.3 is 0 Å². The van der Waals surface area contributed by atoms with E-state index in [1.54, 1.807) is 22.8 Å². The van der Waals surface area contributed by atoms with E-state index < -0.39 is 0 Å². The number of hydrogen-bond donors (Lipinski definition) is 0. The molecule has 0 aliphatic carbocycles. The predicted octanol–water partition coefficient (Wildman–Crippen LogP) is 3.88. The number of fused-ring (bicyclic) bond motifs is 1. The number of nitrogens with zero attached hydrogens (tertiary/aromatic N) is 4. The zero-order chi connectivity index (χ0) is 20.5. The molecular formula is C23H21FN4O. The van der Waals surface area contributed by atoms with Crippen molar-refractivity contribution in [2.75, 3.05) is 11.4 Å². The number of anilines is 1. The molecular weight excluding hydrogens is 367 g/mol. The second-order valence-electron chi connectivity index (χ2n) is 7.30. The van der Waals surface area contributed by atoms with Gasteiger partial charge in [-0.1, -0.05) is 18.6 Å². The molecule has 2 aromatic heterocycles. The highest BCUT2D eigenvalue weighted by Crippen LogP contribution is 2.36. The summed E-state index contributed by atoms with van der Waals surface area (Å²) in [5.74, 6) is 2.81. The van der Waals surface area contributed by atoms with E-state index in [4.69, 9.17) is 11.4 Å². The lowest BCUT2D eigenvalue weighted by molar-refractivity contribution is -0.113. The van der Waals surface area contributed by atoms with Crippen molar-refractivity contribution in [3.63, 3.8) is 0 Å². The summed E-state index contributed by atoms with van der Waals surface area (Å²) in [7, 11) is 0. The minimum atomic E-state index is -0.380. The summed E-state index contributed by atoms with van der Waals surface area (Å²) in [4.78, 5) is 18.6. The Balaban J connectivity index is 1.69. The number of ketones is 1. The van der Waals surface area contributed by atoms with E-state index in [0.717, 1.165) is 36.3 Å². The number of carbonyl (C=O) groups excluding carboxylic acids is 1. The average Bonchev–Trinajstić information content (AvgIpc) is 3.35. The Bertz CT molecular complexity index is 1160. The molecule has 1 aliphatic rings. The van der Waals surface area contributed by atoms with Gasteiger partial charge in [0.15, 0.2) is 11.4 Å². The third-order valence-electron chi connectivity index (χ3n) is 5.41. The molecule has 6 heteroatoms. The van der Waals surface area contributed by atoms with Crippen LogP contribution in [0.4, 0.5) is 10.2 Å². The number of aromatic nitrogens is 3. The van der Waals surface area contributed by atoms with Crippen molar-refractivity contribution in [3.8, 4) is 12.3 Å². The van der Waals surface area contributed by atoms with Crippen LogP contribution in [-0.4, -0.2) is 26.9 Å². The summed E-state index contributed by atoms with van der Waals surface area (Å²) in [6.45, 7) is 6.20. The van der Waals surface area contributed by atoms with Gasteiger partial charge in [0.2, 0.25) is 0 Å². The van der Waals surface area contributed by atoms with E-state index in [9.17, 15) is 9.18 Å². The summed E-state index contributed by atoms with van der Waals surface area (Å²) in [6, 6.07) is 6.97. The average molecular weight is 388 g/mol. The third kappa shape index (κ3) is 3.52. The molecule has 5 nitrogen and oxygen atoms in total. The van der Waals surface area contributed by atoms with Crippen LogP contribution in [0.5, 0.6) is 0 Å². The van der Waals surface area contributed by atoms with Crippen LogP contribution in [0.15, 0.2) is 48.8 Å². The van der Waals surface area contributed by atoms with Crippen molar-refractivity contribution in [1.29, 1.82) is 0 Å². The van der Waals surface area contributed by atoms with Gasteiger partial charge in [-0.15, -0.1) is 6.42 Å². The molecule has 0 saturated carbocycles. The predicted molar refractivity (Wildman–Crippen MR) is 110 cm³/mol. The van der Waals surface area contributed by atoms with Crippen molar-refractivity contribution in [3.05, 3.63) is 71.3 Å². The lowest BCUT2D eigenvalue weighted by atomic mass is 10.0. The molecule has 3 aromatic rings. The van der Waals surface area contributed by atoms with E-state index in [1.165, 1.54) is 13.0 Å². The highest BCUT2D eigenvalue weighted by atomic mass is 19.1. The van der Waals surface area contributed by atoms with Crippen LogP contribution in [0, 0.1) is 18.2 Å². The summed E-state index contributed by atoms with van der Waals surface area (Å²) in [5, 5.41) is 4.33. The normalized spacial score (nSPS) is 16.2. The first-order chi connectivity index (χ1) is 14.0. The number of benzene rings is 1. The maximum absolute atomic E-state index is 13.8. The standard InChI is InChI=1S/C23H21FN4O/c1-4-17-13-18(7-8-20(17)24)21-6-5-10-27(21)22-9-11-28-23(26-22)19(14-25-28)12-15(2)16(3)29/h1,7-9,11,13-14,21H,2,5-6,10,12H2,3H3/t21-/m1/s1. The van der Waals surface area contributed by atoms with Crippen LogP contribution < -0.4 is 4.90 Å². The van der Waals surface area contributed by atoms with Gasteiger partial charge in [-0.3, -0.25) is 4.79 Å². The Hall–Kier alpha value is -3.46. The molecule has 146 valence electrons. The number of hydrogen-bond acceptors (Lipinski definition) is 4. The molecule has 29 heavy (non-hydrogen) atoms. The van der Waals surface area contributed by atoms with Gasteiger partial charge < -0.3 is 4.90 Å². The summed E-state index contributed by atoms with van der Waals surface area (Å²) in [5.41, 5.74) is 3.35. The van der Waals surface area contributed by atoms with Crippen molar-refractivity contribution in [2.45, 2.75) is 32.2 Å². The molecule has 1 aliphatic heterocycles. The smallest absolute Gasteiger partial charge is 0.160 e. The molecule has 0 unspecified atom stereocenters. The first kappa shape index (κ1) is 18.9. The maximum atomic E-state index is 13.8. The Morgan fingerprint density at radius 1 is 1.41 bits per heavy atom. The van der Waals surface area contributed by atoms with Crippen molar-refractivity contribution < 1.29 is 9.18 Å². The quantitative estimate of drug-likeness (QED) is 0.492. The third-order valence-corrected chi connectivity index (χ3v) is 5.41. The molecule has 0 N–H and O–H groups in total. The summed E-state index contributed by atoms with van der Waals surface area (Å²) < 4.78 is 15.5. The molecule has 0 bridgehead atoms. The Morgan fingerprint density at radius 2 is 2.24 bits per heavy atom. The van der Waals surface area contributed by atoms with Crippen molar-refractivity contribution in [1.82, 2.24) is 14.6 Å². The second-order valence-corrected chi connectivity index (χ2v) is 7.30. The van der Waals surface area contributed by atoms with Crippen LogP contribution in [-0.2, 0) is 11.2 Å². The van der Waals surface area contributed by atoms with Crippen LogP contribution >= 0.6 is 0 Å². The van der Waals surface area contributed by atoms with E-state index in [-0.39, 0.29) is 23.2 Å². The number of carbonyl (C=O) groups is 1. The zero-order valence-corrected chi connectivity index (χ0v) is 16.2. The maximum Gasteiger partial charge on any atom is 0.160 e. The Morgan fingerprint density at radius 3 is 3.00 bits per heavy atom. The summed E-state index contributed by atoms with van der Waals surface area (Å²) in [6.07, 6.45) is 11.4.